The van der Waals surface area contributed by atoms with Crippen molar-refractivity contribution in [2.24, 2.45) is 0 Å². The summed E-state index contributed by atoms with van der Waals surface area (Å²) in [7, 11) is 0. The summed E-state index contributed by atoms with van der Waals surface area (Å²) < 4.78 is 5.08. The van der Waals surface area contributed by atoms with Gasteiger partial charge < -0.3 is 15.4 Å². The molecule has 2 aromatic carbocycles. The zero-order valence-corrected chi connectivity index (χ0v) is 17.0. The second-order valence-electron chi connectivity index (χ2n) is 6.56. The third kappa shape index (κ3) is 5.82. The van der Waals surface area contributed by atoms with E-state index < -0.39 is 18.0 Å². The van der Waals surface area contributed by atoms with Gasteiger partial charge in [-0.25, -0.2) is 0 Å². The van der Waals surface area contributed by atoms with E-state index in [0.29, 0.717) is 16.3 Å². The standard InChI is InChI=1S/C21H23ClN2O4/c1-12-5-7-16(9-14(12)3)21(27)23-11-19(25)28-15(4)20(26)24-18-10-17(22)8-6-13(18)2/h5-10,15H,11H2,1-4H3,(H,23,27)(H,24,26)/t15-/m0/s1. The maximum atomic E-state index is 12.2. The van der Waals surface area contributed by atoms with Crippen LogP contribution < -0.4 is 10.6 Å². The Morgan fingerprint density at radius 1 is 1.00 bits per heavy atom. The first-order valence-electron chi connectivity index (χ1n) is 8.79. The third-order valence-electron chi connectivity index (χ3n) is 4.30. The summed E-state index contributed by atoms with van der Waals surface area (Å²) in [6.45, 7) is 6.80. The summed E-state index contributed by atoms with van der Waals surface area (Å²) in [5.74, 6) is -1.58. The Morgan fingerprint density at radius 2 is 1.68 bits per heavy atom. The fourth-order valence-corrected chi connectivity index (χ4v) is 2.56. The fraction of sp³-hybridized carbons (Fsp3) is 0.286. The Bertz CT molecular complexity index is 911. The number of benzene rings is 2. The van der Waals surface area contributed by atoms with E-state index >= 15 is 0 Å². The first kappa shape index (κ1) is 21.4. The van der Waals surface area contributed by atoms with E-state index in [1.807, 2.05) is 26.8 Å². The van der Waals surface area contributed by atoms with Crippen LogP contribution in [0.3, 0.4) is 0 Å². The molecule has 2 N–H and O–H groups in total. The zero-order valence-electron chi connectivity index (χ0n) is 16.3. The molecule has 28 heavy (non-hydrogen) atoms. The summed E-state index contributed by atoms with van der Waals surface area (Å²) in [5, 5.41) is 5.65. The van der Waals surface area contributed by atoms with Crippen LogP contribution in [0.5, 0.6) is 0 Å². The summed E-state index contributed by atoms with van der Waals surface area (Å²) in [6, 6.07) is 10.4. The van der Waals surface area contributed by atoms with Gasteiger partial charge in [0, 0.05) is 16.3 Å². The van der Waals surface area contributed by atoms with Crippen LogP contribution in [0.2, 0.25) is 5.02 Å². The zero-order chi connectivity index (χ0) is 20.8. The number of rotatable bonds is 6. The first-order valence-corrected chi connectivity index (χ1v) is 9.17. The van der Waals surface area contributed by atoms with E-state index in [-0.39, 0.29) is 12.5 Å². The van der Waals surface area contributed by atoms with Crippen molar-refractivity contribution in [3.8, 4) is 0 Å². The smallest absolute Gasteiger partial charge is 0.326 e. The van der Waals surface area contributed by atoms with Gasteiger partial charge in [-0.3, -0.25) is 14.4 Å². The number of nitrogens with one attached hydrogen (secondary N) is 2. The Kier molecular flexibility index (Phi) is 7.18. The van der Waals surface area contributed by atoms with Crippen molar-refractivity contribution in [2.45, 2.75) is 33.8 Å². The van der Waals surface area contributed by atoms with E-state index in [1.165, 1.54) is 6.92 Å². The molecule has 0 unspecified atom stereocenters. The van der Waals surface area contributed by atoms with Crippen LogP contribution in [0.4, 0.5) is 5.69 Å². The van der Waals surface area contributed by atoms with Crippen LogP contribution in [0.15, 0.2) is 36.4 Å². The summed E-state index contributed by atoms with van der Waals surface area (Å²) in [4.78, 5) is 36.3. The molecule has 0 heterocycles. The lowest BCUT2D eigenvalue weighted by atomic mass is 10.1. The van der Waals surface area contributed by atoms with Crippen LogP contribution in [0.25, 0.3) is 0 Å². The highest BCUT2D eigenvalue weighted by molar-refractivity contribution is 6.31. The molecule has 0 fully saturated rings. The molecule has 0 aromatic heterocycles. The lowest BCUT2D eigenvalue weighted by Crippen LogP contribution is -2.36. The highest BCUT2D eigenvalue weighted by atomic mass is 35.5. The number of amides is 2. The molecule has 6 nitrogen and oxygen atoms in total. The minimum Gasteiger partial charge on any atom is -0.451 e. The van der Waals surface area contributed by atoms with Gasteiger partial charge in [0.05, 0.1) is 0 Å². The minimum atomic E-state index is -1.02. The molecule has 0 spiro atoms. The van der Waals surface area contributed by atoms with Gasteiger partial charge in [0.15, 0.2) is 6.10 Å². The second kappa shape index (κ2) is 9.37. The molecule has 0 bridgehead atoms. The van der Waals surface area contributed by atoms with Gasteiger partial charge in [-0.1, -0.05) is 23.7 Å². The Labute approximate surface area is 169 Å². The van der Waals surface area contributed by atoms with Gasteiger partial charge in [0.2, 0.25) is 0 Å². The Hall–Kier alpha value is -2.86. The largest absolute Gasteiger partial charge is 0.451 e. The molecule has 0 saturated heterocycles. The van der Waals surface area contributed by atoms with Gasteiger partial charge in [-0.15, -0.1) is 0 Å². The lowest BCUT2D eigenvalue weighted by Gasteiger charge is -2.15. The van der Waals surface area contributed by atoms with Crippen molar-refractivity contribution in [1.29, 1.82) is 0 Å². The predicted octanol–water partition coefficient (Wildman–Crippen LogP) is 3.57. The number of hydrogen-bond acceptors (Lipinski definition) is 4. The SMILES string of the molecule is Cc1ccc(C(=O)NCC(=O)O[C@@H](C)C(=O)Nc2cc(Cl)ccc2C)cc1C. The summed E-state index contributed by atoms with van der Waals surface area (Å²) in [6.07, 6.45) is -1.02. The molecule has 148 valence electrons. The average molecular weight is 403 g/mol. The van der Waals surface area contributed by atoms with Crippen LogP contribution >= 0.6 is 11.6 Å². The number of halogens is 1. The molecule has 2 aromatic rings. The van der Waals surface area contributed by atoms with Crippen molar-refractivity contribution in [1.82, 2.24) is 5.32 Å². The Balaban J connectivity index is 1.86. The molecule has 0 radical (unpaired) electrons. The molecular formula is C21H23ClN2O4. The van der Waals surface area contributed by atoms with Crippen LogP contribution in [0.1, 0.15) is 34.0 Å². The normalized spacial score (nSPS) is 11.5. The predicted molar refractivity (Wildman–Crippen MR) is 109 cm³/mol. The van der Waals surface area contributed by atoms with Crippen molar-refractivity contribution in [2.75, 3.05) is 11.9 Å². The van der Waals surface area contributed by atoms with Gasteiger partial charge in [-0.05, 0) is 68.7 Å². The van der Waals surface area contributed by atoms with E-state index in [4.69, 9.17) is 16.3 Å². The van der Waals surface area contributed by atoms with Gasteiger partial charge in [0.25, 0.3) is 11.8 Å². The molecule has 1 atom stereocenters. The number of carbonyl (C=O) groups excluding carboxylic acids is 3. The van der Waals surface area contributed by atoms with E-state index in [9.17, 15) is 14.4 Å². The number of carbonyl (C=O) groups is 3. The first-order chi connectivity index (χ1) is 13.2. The van der Waals surface area contributed by atoms with Gasteiger partial charge in [0.1, 0.15) is 6.54 Å². The maximum Gasteiger partial charge on any atom is 0.326 e. The quantitative estimate of drug-likeness (QED) is 0.723. The number of anilines is 1. The molecule has 7 heteroatoms. The number of hydrogen-bond donors (Lipinski definition) is 2. The van der Waals surface area contributed by atoms with E-state index in [1.54, 1.807) is 30.3 Å². The number of ether oxygens (including phenoxy) is 1. The molecular weight excluding hydrogens is 380 g/mol. The minimum absolute atomic E-state index is 0.334. The molecule has 0 aliphatic rings. The van der Waals surface area contributed by atoms with Crippen molar-refractivity contribution >= 4 is 35.1 Å². The highest BCUT2D eigenvalue weighted by Gasteiger charge is 2.19. The monoisotopic (exact) mass is 402 g/mol. The third-order valence-corrected chi connectivity index (χ3v) is 4.53. The van der Waals surface area contributed by atoms with Crippen LogP contribution in [0, 0.1) is 20.8 Å². The summed E-state index contributed by atoms with van der Waals surface area (Å²) in [5.41, 5.74) is 3.89. The molecule has 0 saturated carbocycles. The fourth-order valence-electron chi connectivity index (χ4n) is 2.39. The second-order valence-corrected chi connectivity index (χ2v) is 7.00. The average Bonchev–Trinajstić information content (AvgIpc) is 2.64. The molecule has 0 aliphatic heterocycles. The van der Waals surface area contributed by atoms with Crippen LogP contribution in [-0.4, -0.2) is 30.4 Å². The van der Waals surface area contributed by atoms with Crippen molar-refractivity contribution in [3.63, 3.8) is 0 Å². The van der Waals surface area contributed by atoms with Gasteiger partial charge in [-0.2, -0.15) is 0 Å². The van der Waals surface area contributed by atoms with E-state index in [0.717, 1.165) is 16.7 Å². The topological polar surface area (TPSA) is 84.5 Å². The van der Waals surface area contributed by atoms with E-state index in [2.05, 4.69) is 10.6 Å². The number of aryl methyl sites for hydroxylation is 3. The highest BCUT2D eigenvalue weighted by Crippen LogP contribution is 2.20. The molecule has 2 rings (SSSR count). The summed E-state index contributed by atoms with van der Waals surface area (Å²) >= 11 is 5.93. The number of esters is 1. The van der Waals surface area contributed by atoms with Crippen molar-refractivity contribution < 1.29 is 19.1 Å². The lowest BCUT2D eigenvalue weighted by molar-refractivity contribution is -0.152. The Morgan fingerprint density at radius 3 is 2.36 bits per heavy atom. The molecule has 2 amide bonds. The van der Waals surface area contributed by atoms with Crippen LogP contribution in [-0.2, 0) is 14.3 Å². The van der Waals surface area contributed by atoms with Crippen molar-refractivity contribution in [3.05, 3.63) is 63.7 Å². The van der Waals surface area contributed by atoms with Gasteiger partial charge >= 0.3 is 5.97 Å². The maximum absolute atomic E-state index is 12.2. The molecule has 0 aliphatic carbocycles.